The summed E-state index contributed by atoms with van der Waals surface area (Å²) >= 11 is 0. The molecule has 27 heavy (non-hydrogen) atoms. The Bertz CT molecular complexity index is 854. The third-order valence-electron chi connectivity index (χ3n) is 6.62. The van der Waals surface area contributed by atoms with E-state index in [2.05, 4.69) is 30.8 Å². The van der Waals surface area contributed by atoms with Crippen molar-refractivity contribution in [3.8, 4) is 5.88 Å². The Morgan fingerprint density at radius 3 is 2.85 bits per heavy atom. The Labute approximate surface area is 159 Å². The molecule has 4 rings (SSSR count). The number of ether oxygens (including phenoxy) is 1. The zero-order chi connectivity index (χ0) is 19.1. The number of benzene rings is 1. The second-order valence-electron chi connectivity index (χ2n) is 8.37. The first kappa shape index (κ1) is 18.2. The molecule has 0 spiro atoms. The van der Waals surface area contributed by atoms with E-state index in [1.165, 1.54) is 25.3 Å². The Morgan fingerprint density at radius 1 is 1.30 bits per heavy atom. The molecule has 0 amide bonds. The van der Waals surface area contributed by atoms with Crippen LogP contribution >= 0.6 is 0 Å². The number of hydrogen-bond donors (Lipinski definition) is 0. The lowest BCUT2D eigenvalue weighted by Gasteiger charge is -2.44. The number of rotatable bonds is 5. The van der Waals surface area contributed by atoms with Gasteiger partial charge in [0.15, 0.2) is 0 Å². The van der Waals surface area contributed by atoms with Gasteiger partial charge in [-0.2, -0.15) is 0 Å². The summed E-state index contributed by atoms with van der Waals surface area (Å²) in [6, 6.07) is 9.72. The Morgan fingerprint density at radius 2 is 2.11 bits per heavy atom. The molecule has 0 aliphatic carbocycles. The van der Waals surface area contributed by atoms with Crippen molar-refractivity contribution in [2.45, 2.75) is 45.2 Å². The van der Waals surface area contributed by atoms with Crippen LogP contribution in [0.15, 0.2) is 30.3 Å². The van der Waals surface area contributed by atoms with Crippen LogP contribution in [0, 0.1) is 27.9 Å². The van der Waals surface area contributed by atoms with Crippen LogP contribution in [0.1, 0.15) is 33.1 Å². The predicted octanol–water partition coefficient (Wildman–Crippen LogP) is 4.28. The summed E-state index contributed by atoms with van der Waals surface area (Å²) < 4.78 is 6.14. The molecule has 1 aromatic heterocycles. The molecule has 3 heterocycles. The number of pyridine rings is 1. The van der Waals surface area contributed by atoms with Crippen LogP contribution in [-0.4, -0.2) is 40.5 Å². The van der Waals surface area contributed by atoms with Crippen molar-refractivity contribution in [3.63, 3.8) is 0 Å². The fourth-order valence-electron chi connectivity index (χ4n) is 5.09. The van der Waals surface area contributed by atoms with Crippen LogP contribution in [0.3, 0.4) is 0 Å². The molecule has 0 N–H and O–H groups in total. The second-order valence-corrected chi connectivity index (χ2v) is 8.37. The Hall–Kier alpha value is -2.21. The average Bonchev–Trinajstić information content (AvgIpc) is 2.89. The van der Waals surface area contributed by atoms with Gasteiger partial charge < -0.3 is 9.64 Å². The molecule has 144 valence electrons. The minimum absolute atomic E-state index is 0.0822. The summed E-state index contributed by atoms with van der Waals surface area (Å²) in [5, 5.41) is 11.7. The quantitative estimate of drug-likeness (QED) is 0.581. The zero-order valence-corrected chi connectivity index (χ0v) is 16.2. The molecule has 2 saturated heterocycles. The van der Waals surface area contributed by atoms with E-state index in [0.717, 1.165) is 16.9 Å². The SMILES string of the molecule is CC(C)[C@@H]1CC2CCC([C@@H]1COc1ccc3cc([N+](=O)[O-])ccc3n1)N2C. The Kier molecular flexibility index (Phi) is 4.76. The van der Waals surface area contributed by atoms with Crippen molar-refractivity contribution in [1.82, 2.24) is 9.88 Å². The van der Waals surface area contributed by atoms with Gasteiger partial charge in [0, 0.05) is 41.6 Å². The van der Waals surface area contributed by atoms with Gasteiger partial charge in [0.25, 0.3) is 5.69 Å². The first-order chi connectivity index (χ1) is 12.9. The van der Waals surface area contributed by atoms with Crippen molar-refractivity contribution in [2.75, 3.05) is 13.7 Å². The molecule has 6 heteroatoms. The molecule has 2 aromatic rings. The van der Waals surface area contributed by atoms with Gasteiger partial charge in [0.1, 0.15) is 0 Å². The van der Waals surface area contributed by atoms with Crippen molar-refractivity contribution >= 4 is 16.6 Å². The number of nitrogens with zero attached hydrogens (tertiary/aromatic N) is 3. The minimum Gasteiger partial charge on any atom is -0.477 e. The van der Waals surface area contributed by atoms with E-state index < -0.39 is 0 Å². The lowest BCUT2D eigenvalue weighted by Crippen LogP contribution is -2.50. The third kappa shape index (κ3) is 3.38. The van der Waals surface area contributed by atoms with E-state index in [4.69, 9.17) is 4.74 Å². The van der Waals surface area contributed by atoms with Gasteiger partial charge in [-0.3, -0.25) is 10.1 Å². The predicted molar refractivity (Wildman–Crippen MR) is 105 cm³/mol. The van der Waals surface area contributed by atoms with Gasteiger partial charge in [-0.05, 0) is 50.3 Å². The highest BCUT2D eigenvalue weighted by molar-refractivity contribution is 5.81. The van der Waals surface area contributed by atoms with Gasteiger partial charge in [-0.25, -0.2) is 4.98 Å². The molecule has 2 fully saturated rings. The maximum atomic E-state index is 10.9. The summed E-state index contributed by atoms with van der Waals surface area (Å²) in [5.74, 6) is 2.45. The lowest BCUT2D eigenvalue weighted by atomic mass is 9.74. The van der Waals surface area contributed by atoms with Gasteiger partial charge in [-0.15, -0.1) is 0 Å². The molecular formula is C21H27N3O3. The fourth-order valence-corrected chi connectivity index (χ4v) is 5.09. The van der Waals surface area contributed by atoms with Gasteiger partial charge in [-0.1, -0.05) is 13.8 Å². The van der Waals surface area contributed by atoms with Crippen LogP contribution < -0.4 is 4.74 Å². The van der Waals surface area contributed by atoms with Crippen molar-refractivity contribution in [2.24, 2.45) is 17.8 Å². The van der Waals surface area contributed by atoms with Crippen molar-refractivity contribution in [1.29, 1.82) is 0 Å². The maximum absolute atomic E-state index is 10.9. The molecular weight excluding hydrogens is 342 g/mol. The minimum atomic E-state index is -0.385. The number of aromatic nitrogens is 1. The number of nitro groups is 1. The van der Waals surface area contributed by atoms with Crippen molar-refractivity contribution < 1.29 is 9.66 Å². The van der Waals surface area contributed by atoms with E-state index in [9.17, 15) is 10.1 Å². The molecule has 2 bridgehead atoms. The number of piperidine rings is 1. The van der Waals surface area contributed by atoms with Crippen LogP contribution in [0.2, 0.25) is 0 Å². The van der Waals surface area contributed by atoms with E-state index in [1.807, 2.05) is 12.1 Å². The van der Waals surface area contributed by atoms with Gasteiger partial charge in [0.2, 0.25) is 5.88 Å². The van der Waals surface area contributed by atoms with E-state index in [0.29, 0.717) is 36.3 Å². The zero-order valence-electron chi connectivity index (χ0n) is 16.2. The number of nitro benzene ring substituents is 1. The standard InChI is InChI=1S/C21H27N3O3/c1-13(2)17-11-15-6-8-20(23(15)3)18(17)12-27-21-9-4-14-10-16(24(25)26)5-7-19(14)22-21/h4-5,7,9-10,13,15,17-18,20H,6,8,11-12H2,1-3H3/t15?,17-,18+,20?/m0/s1. The topological polar surface area (TPSA) is 68.5 Å². The Balaban J connectivity index is 1.51. The summed E-state index contributed by atoms with van der Waals surface area (Å²) in [4.78, 5) is 17.6. The third-order valence-corrected chi connectivity index (χ3v) is 6.62. The smallest absolute Gasteiger partial charge is 0.270 e. The van der Waals surface area contributed by atoms with E-state index in [-0.39, 0.29) is 10.6 Å². The highest BCUT2D eigenvalue weighted by atomic mass is 16.6. The van der Waals surface area contributed by atoms with Gasteiger partial charge in [0.05, 0.1) is 17.0 Å². The molecule has 2 aliphatic rings. The van der Waals surface area contributed by atoms with Gasteiger partial charge >= 0.3 is 0 Å². The molecule has 4 atom stereocenters. The normalized spacial score (nSPS) is 28.0. The van der Waals surface area contributed by atoms with Crippen LogP contribution in [-0.2, 0) is 0 Å². The summed E-state index contributed by atoms with van der Waals surface area (Å²) in [7, 11) is 2.26. The molecule has 2 unspecified atom stereocenters. The summed E-state index contributed by atoms with van der Waals surface area (Å²) in [6.07, 6.45) is 3.81. The first-order valence-electron chi connectivity index (χ1n) is 9.84. The highest BCUT2D eigenvalue weighted by Gasteiger charge is 2.46. The maximum Gasteiger partial charge on any atom is 0.270 e. The molecule has 0 radical (unpaired) electrons. The lowest BCUT2D eigenvalue weighted by molar-refractivity contribution is -0.384. The fraction of sp³-hybridized carbons (Fsp3) is 0.571. The van der Waals surface area contributed by atoms with Crippen LogP contribution in [0.5, 0.6) is 5.88 Å². The van der Waals surface area contributed by atoms with Crippen LogP contribution in [0.25, 0.3) is 10.9 Å². The number of hydrogen-bond acceptors (Lipinski definition) is 5. The average molecular weight is 369 g/mol. The summed E-state index contributed by atoms with van der Waals surface area (Å²) in [6.45, 7) is 5.32. The molecule has 1 aromatic carbocycles. The molecule has 2 aliphatic heterocycles. The largest absolute Gasteiger partial charge is 0.477 e. The first-order valence-corrected chi connectivity index (χ1v) is 9.84. The van der Waals surface area contributed by atoms with Crippen molar-refractivity contribution in [3.05, 3.63) is 40.4 Å². The summed E-state index contributed by atoms with van der Waals surface area (Å²) in [5.41, 5.74) is 0.805. The van der Waals surface area contributed by atoms with Crippen LogP contribution in [0.4, 0.5) is 5.69 Å². The molecule has 0 saturated carbocycles. The number of non-ortho nitro benzene ring substituents is 1. The second kappa shape index (κ2) is 7.08. The number of fused-ring (bicyclic) bond motifs is 3. The van der Waals surface area contributed by atoms with E-state index in [1.54, 1.807) is 12.1 Å². The monoisotopic (exact) mass is 369 g/mol. The molecule has 6 nitrogen and oxygen atoms in total. The van der Waals surface area contributed by atoms with E-state index >= 15 is 0 Å². The highest BCUT2D eigenvalue weighted by Crippen LogP contribution is 2.44.